The highest BCUT2D eigenvalue weighted by Gasteiger charge is 2.16. The highest BCUT2D eigenvalue weighted by Crippen LogP contribution is 2.38. The minimum Gasteiger partial charge on any atom is -0.354 e. The highest BCUT2D eigenvalue weighted by atomic mass is 15.3. The fourth-order valence-corrected chi connectivity index (χ4v) is 4.48. The van der Waals surface area contributed by atoms with E-state index in [1.807, 2.05) is 4.68 Å². The van der Waals surface area contributed by atoms with Crippen molar-refractivity contribution in [3.8, 4) is 0 Å². The summed E-state index contributed by atoms with van der Waals surface area (Å²) in [6.45, 7) is 0.864. The van der Waals surface area contributed by atoms with E-state index in [1.165, 1.54) is 49.2 Å². The van der Waals surface area contributed by atoms with Gasteiger partial charge in [0.15, 0.2) is 0 Å². The second kappa shape index (κ2) is 5.96. The van der Waals surface area contributed by atoms with Crippen LogP contribution in [0.25, 0.3) is 43.6 Å². The quantitative estimate of drug-likeness (QED) is 0.452. The Kier molecular flexibility index (Phi) is 3.29. The molecule has 6 aromatic rings. The Bertz CT molecular complexity index is 1350. The molecule has 0 radical (unpaired) electrons. The van der Waals surface area contributed by atoms with Crippen LogP contribution < -0.4 is 0 Å². The molecule has 0 aliphatic heterocycles. The summed E-state index contributed by atoms with van der Waals surface area (Å²) < 4.78 is 1.90. The minimum atomic E-state index is 0.864. The fourth-order valence-electron chi connectivity index (χ4n) is 4.48. The topological polar surface area (TPSA) is 62.3 Å². The maximum Gasteiger partial charge on any atom is 0.137 e. The second-order valence-electron chi connectivity index (χ2n) is 7.30. The van der Waals surface area contributed by atoms with Gasteiger partial charge in [0, 0.05) is 50.2 Å². The molecule has 5 heteroatoms. The van der Waals surface area contributed by atoms with Gasteiger partial charge in [-0.1, -0.05) is 36.4 Å². The van der Waals surface area contributed by atoms with Gasteiger partial charge < -0.3 is 9.97 Å². The van der Waals surface area contributed by atoms with Gasteiger partial charge in [0.2, 0.25) is 0 Å². The summed E-state index contributed by atoms with van der Waals surface area (Å²) in [6.07, 6.45) is 5.37. The third-order valence-electron chi connectivity index (χ3n) is 5.64. The first-order valence-electron chi connectivity index (χ1n) is 9.63. The largest absolute Gasteiger partial charge is 0.354 e. The number of H-pyrrole nitrogens is 2. The van der Waals surface area contributed by atoms with Crippen molar-refractivity contribution in [2.24, 2.45) is 0 Å². The average molecular weight is 365 g/mol. The Hall–Kier alpha value is -3.60. The molecule has 0 saturated carbocycles. The Balaban J connectivity index is 1.62. The molecule has 0 unspecified atom stereocenters. The Morgan fingerprint density at radius 3 is 2.04 bits per heavy atom. The summed E-state index contributed by atoms with van der Waals surface area (Å²) in [4.78, 5) is 11.3. The Morgan fingerprint density at radius 2 is 1.43 bits per heavy atom. The molecule has 28 heavy (non-hydrogen) atoms. The fraction of sp³-hybridized carbons (Fsp3) is 0.130. The van der Waals surface area contributed by atoms with Gasteiger partial charge in [0.05, 0.1) is 0 Å². The van der Waals surface area contributed by atoms with Crippen LogP contribution in [-0.2, 0) is 13.0 Å². The maximum atomic E-state index is 4.25. The zero-order valence-corrected chi connectivity index (χ0v) is 15.3. The first kappa shape index (κ1) is 15.5. The molecule has 0 saturated heterocycles. The van der Waals surface area contributed by atoms with Gasteiger partial charge in [-0.2, -0.15) is 5.10 Å². The van der Waals surface area contributed by atoms with E-state index in [2.05, 4.69) is 74.6 Å². The van der Waals surface area contributed by atoms with Crippen LogP contribution in [-0.4, -0.2) is 24.7 Å². The molecule has 6 rings (SSSR count). The van der Waals surface area contributed by atoms with Gasteiger partial charge in [0.1, 0.15) is 12.7 Å². The van der Waals surface area contributed by atoms with Crippen molar-refractivity contribution < 1.29 is 0 Å². The molecule has 2 N–H and O–H groups in total. The maximum absolute atomic E-state index is 4.25. The van der Waals surface area contributed by atoms with Crippen molar-refractivity contribution in [1.82, 2.24) is 24.7 Å². The number of aryl methyl sites for hydroxylation is 2. The molecule has 0 fully saturated rings. The number of benzene rings is 3. The van der Waals surface area contributed by atoms with E-state index in [0.717, 1.165) is 19.4 Å². The molecule has 0 bridgehead atoms. The van der Waals surface area contributed by atoms with Crippen LogP contribution in [0.4, 0.5) is 0 Å². The number of hydrogen-bond acceptors (Lipinski definition) is 2. The third-order valence-corrected chi connectivity index (χ3v) is 5.64. The first-order valence-corrected chi connectivity index (χ1v) is 9.63. The monoisotopic (exact) mass is 365 g/mol. The smallest absolute Gasteiger partial charge is 0.137 e. The molecular weight excluding hydrogens is 346 g/mol. The lowest BCUT2D eigenvalue weighted by molar-refractivity contribution is 0.579. The van der Waals surface area contributed by atoms with E-state index in [1.54, 1.807) is 12.7 Å². The third kappa shape index (κ3) is 2.26. The van der Waals surface area contributed by atoms with Crippen molar-refractivity contribution in [3.63, 3.8) is 0 Å². The van der Waals surface area contributed by atoms with E-state index in [4.69, 9.17) is 0 Å². The van der Waals surface area contributed by atoms with Gasteiger partial charge >= 0.3 is 0 Å². The van der Waals surface area contributed by atoms with E-state index in [0.29, 0.717) is 0 Å². The predicted octanol–water partition coefficient (Wildman–Crippen LogP) is 5.18. The van der Waals surface area contributed by atoms with Crippen LogP contribution in [0.5, 0.6) is 0 Å². The Morgan fingerprint density at radius 1 is 0.786 bits per heavy atom. The number of hydrogen-bond donors (Lipinski definition) is 2. The highest BCUT2D eigenvalue weighted by molar-refractivity contribution is 6.20. The van der Waals surface area contributed by atoms with E-state index in [9.17, 15) is 0 Å². The molecule has 0 amide bonds. The molecule has 0 aliphatic carbocycles. The van der Waals surface area contributed by atoms with Crippen LogP contribution >= 0.6 is 0 Å². The molecule has 3 aromatic carbocycles. The first-order chi connectivity index (χ1) is 13.9. The van der Waals surface area contributed by atoms with E-state index < -0.39 is 0 Å². The lowest BCUT2D eigenvalue weighted by Crippen LogP contribution is -2.00. The number of aromatic amines is 2. The van der Waals surface area contributed by atoms with Crippen LogP contribution in [0, 0.1) is 0 Å². The van der Waals surface area contributed by atoms with Gasteiger partial charge in [0.25, 0.3) is 0 Å². The van der Waals surface area contributed by atoms with Gasteiger partial charge in [-0.25, -0.2) is 4.98 Å². The Labute approximate surface area is 161 Å². The summed E-state index contributed by atoms with van der Waals surface area (Å²) in [6, 6.07) is 19.4. The van der Waals surface area contributed by atoms with E-state index >= 15 is 0 Å². The molecule has 5 nitrogen and oxygen atoms in total. The standard InChI is InChI=1S/C23H19N5/c1-3-9-18-15(6-1)22-17(8-5-11-28-14-24-13-25-28)23-16-7-2-4-10-19(16)27-21(23)12-20(22)26-18/h1-4,6-7,9-10,12-14,26-27H,5,8,11H2. The lowest BCUT2D eigenvalue weighted by atomic mass is 9.96. The molecule has 3 heterocycles. The van der Waals surface area contributed by atoms with Crippen molar-refractivity contribution >= 4 is 43.6 Å². The van der Waals surface area contributed by atoms with Gasteiger partial charge in [-0.05, 0) is 36.6 Å². The molecule has 0 atom stereocenters. The van der Waals surface area contributed by atoms with Crippen LogP contribution in [0.15, 0.2) is 67.3 Å². The molecular formula is C23H19N5. The summed E-state index contributed by atoms with van der Waals surface area (Å²) in [5.74, 6) is 0. The number of para-hydroxylation sites is 2. The van der Waals surface area contributed by atoms with Crippen LogP contribution in [0.3, 0.4) is 0 Å². The minimum absolute atomic E-state index is 0.864. The molecule has 0 aliphatic rings. The summed E-state index contributed by atoms with van der Waals surface area (Å²) in [7, 11) is 0. The normalized spacial score (nSPS) is 12.0. The number of aromatic nitrogens is 5. The van der Waals surface area contributed by atoms with Crippen LogP contribution in [0.2, 0.25) is 0 Å². The van der Waals surface area contributed by atoms with Crippen molar-refractivity contribution in [1.29, 1.82) is 0 Å². The van der Waals surface area contributed by atoms with Crippen molar-refractivity contribution in [2.75, 3.05) is 0 Å². The zero-order valence-electron chi connectivity index (χ0n) is 15.3. The number of rotatable bonds is 4. The second-order valence-corrected chi connectivity index (χ2v) is 7.30. The van der Waals surface area contributed by atoms with E-state index in [-0.39, 0.29) is 0 Å². The molecule has 136 valence electrons. The van der Waals surface area contributed by atoms with Crippen molar-refractivity contribution in [3.05, 3.63) is 72.8 Å². The molecule has 0 spiro atoms. The lowest BCUT2D eigenvalue weighted by Gasteiger charge is -2.08. The SMILES string of the molecule is c1ccc2c(c1)[nH]c1cc3[nH]c4ccccc4c3c(CCCn3cncn3)c12. The molecule has 3 aromatic heterocycles. The summed E-state index contributed by atoms with van der Waals surface area (Å²) in [5, 5.41) is 9.51. The number of fused-ring (bicyclic) bond motifs is 6. The zero-order chi connectivity index (χ0) is 18.5. The number of nitrogens with one attached hydrogen (secondary N) is 2. The van der Waals surface area contributed by atoms with Gasteiger partial charge in [-0.3, -0.25) is 4.68 Å². The summed E-state index contributed by atoms with van der Waals surface area (Å²) in [5.41, 5.74) is 6.16. The number of nitrogens with zero attached hydrogens (tertiary/aromatic N) is 3. The average Bonchev–Trinajstić information content (AvgIpc) is 3.43. The van der Waals surface area contributed by atoms with Crippen molar-refractivity contribution in [2.45, 2.75) is 19.4 Å². The predicted molar refractivity (Wildman–Crippen MR) is 114 cm³/mol. The summed E-state index contributed by atoms with van der Waals surface area (Å²) >= 11 is 0. The van der Waals surface area contributed by atoms with Crippen LogP contribution in [0.1, 0.15) is 12.0 Å². The van der Waals surface area contributed by atoms with Gasteiger partial charge in [-0.15, -0.1) is 0 Å².